The van der Waals surface area contributed by atoms with Gasteiger partial charge in [0.1, 0.15) is 11.1 Å². The fraction of sp³-hybridized carbons (Fsp3) is 0.192. The van der Waals surface area contributed by atoms with Gasteiger partial charge in [0.15, 0.2) is 0 Å². The third-order valence-corrected chi connectivity index (χ3v) is 10.4. The van der Waals surface area contributed by atoms with Crippen LogP contribution < -0.4 is 9.44 Å². The summed E-state index contributed by atoms with van der Waals surface area (Å²) in [7, 11) is -7.67. The van der Waals surface area contributed by atoms with Crippen molar-refractivity contribution in [3.05, 3.63) is 94.2 Å². The predicted octanol–water partition coefficient (Wildman–Crippen LogP) is 4.11. The standard InChI is InChI=1S/C24H21BrN4O5S2.C2HF3O2/c25-17-5-1-4-8-21(17)35(31,32)28-20(24-26-18-6-2-3-7-19(18)27-24)13-15-9-11-16(12-10-15)22-14-23(30)29-36(22,33)34;3-2(4,5)1(6)7/h1-12,20,22,28H,13-14H2,(H,26,27)(H,29,30);(H,6,7)/t20-,22?;/m0./s1. The molecule has 0 radical (unpaired) electrons. The van der Waals surface area contributed by atoms with E-state index in [0.29, 0.717) is 21.4 Å². The second-order valence-corrected chi connectivity index (χ2v) is 13.7. The maximum atomic E-state index is 13.3. The van der Waals surface area contributed by atoms with Gasteiger partial charge in [-0.25, -0.2) is 31.3 Å². The number of carboxylic acid groups (broad SMARTS) is 1. The number of aliphatic carboxylic acids is 1. The van der Waals surface area contributed by atoms with E-state index in [2.05, 4.69) is 30.6 Å². The van der Waals surface area contributed by atoms with Crippen molar-refractivity contribution in [3.8, 4) is 0 Å². The van der Waals surface area contributed by atoms with Gasteiger partial charge < -0.3 is 10.1 Å². The highest BCUT2D eigenvalue weighted by Gasteiger charge is 2.38. The molecule has 1 amide bonds. The number of rotatable bonds is 7. The van der Waals surface area contributed by atoms with Crippen molar-refractivity contribution in [2.75, 3.05) is 0 Å². The Bertz CT molecular complexity index is 1850. The first-order valence-corrected chi connectivity index (χ1v) is 16.0. The molecule has 43 heavy (non-hydrogen) atoms. The van der Waals surface area contributed by atoms with Crippen molar-refractivity contribution in [1.29, 1.82) is 0 Å². The first kappa shape index (κ1) is 32.1. The number of aromatic amines is 1. The number of sulfonamides is 2. The highest BCUT2D eigenvalue weighted by Crippen LogP contribution is 2.31. The first-order chi connectivity index (χ1) is 20.1. The number of amides is 1. The van der Waals surface area contributed by atoms with E-state index >= 15 is 0 Å². The van der Waals surface area contributed by atoms with E-state index in [9.17, 15) is 34.8 Å². The molecule has 1 fully saturated rings. The Morgan fingerprint density at radius 3 is 2.23 bits per heavy atom. The van der Waals surface area contributed by atoms with E-state index in [1.54, 1.807) is 42.5 Å². The van der Waals surface area contributed by atoms with Crippen molar-refractivity contribution in [2.24, 2.45) is 0 Å². The topological polar surface area (TPSA) is 175 Å². The van der Waals surface area contributed by atoms with Crippen LogP contribution in [0.15, 0.2) is 82.2 Å². The van der Waals surface area contributed by atoms with Gasteiger partial charge in [-0.05, 0) is 57.7 Å². The average Bonchev–Trinajstić information content (AvgIpc) is 3.48. The average molecular weight is 704 g/mol. The van der Waals surface area contributed by atoms with E-state index < -0.39 is 49.4 Å². The van der Waals surface area contributed by atoms with Gasteiger partial charge in [-0.2, -0.15) is 13.2 Å². The molecule has 5 rings (SSSR count). The number of fused-ring (bicyclic) bond motifs is 1. The van der Waals surface area contributed by atoms with E-state index in [1.165, 1.54) is 6.07 Å². The summed E-state index contributed by atoms with van der Waals surface area (Å²) in [5.41, 5.74) is 2.73. The summed E-state index contributed by atoms with van der Waals surface area (Å²) in [5.74, 6) is -2.84. The highest BCUT2D eigenvalue weighted by atomic mass is 79.9. The number of nitrogens with one attached hydrogen (secondary N) is 3. The number of nitrogens with zero attached hydrogens (tertiary/aromatic N) is 1. The number of halogens is 4. The molecule has 17 heteroatoms. The van der Waals surface area contributed by atoms with E-state index in [-0.39, 0.29) is 17.7 Å². The SMILES string of the molecule is O=C(O)C(F)(F)F.O=C1CC(c2ccc(C[C@H](NS(=O)(=O)c3ccccc3Br)c3nc4ccccc4[nH]3)cc2)S(=O)(=O)N1. The Hall–Kier alpha value is -3.80. The molecular formula is C26H22BrF3N4O7S2. The molecule has 4 aromatic rings. The zero-order valence-electron chi connectivity index (χ0n) is 21.7. The third-order valence-electron chi connectivity index (χ3n) is 6.20. The van der Waals surface area contributed by atoms with E-state index in [4.69, 9.17) is 9.90 Å². The van der Waals surface area contributed by atoms with Crippen LogP contribution in [0.4, 0.5) is 13.2 Å². The molecule has 11 nitrogen and oxygen atoms in total. The van der Waals surface area contributed by atoms with E-state index in [1.807, 2.05) is 29.0 Å². The summed E-state index contributed by atoms with van der Waals surface area (Å²) in [4.78, 5) is 28.4. The van der Waals surface area contributed by atoms with Crippen LogP contribution in [0.3, 0.4) is 0 Å². The molecule has 1 aliphatic heterocycles. The van der Waals surface area contributed by atoms with Crippen LogP contribution in [-0.2, 0) is 36.1 Å². The second-order valence-electron chi connectivity index (χ2n) is 9.26. The number of H-pyrrole nitrogens is 1. The van der Waals surface area contributed by atoms with Gasteiger partial charge in [-0.15, -0.1) is 0 Å². The van der Waals surface area contributed by atoms with Crippen LogP contribution in [0.2, 0.25) is 0 Å². The lowest BCUT2D eigenvalue weighted by Gasteiger charge is -2.18. The molecule has 1 unspecified atom stereocenters. The lowest BCUT2D eigenvalue weighted by atomic mass is 10.0. The molecule has 1 aliphatic rings. The molecule has 3 aromatic carbocycles. The van der Waals surface area contributed by atoms with Gasteiger partial charge >= 0.3 is 12.1 Å². The van der Waals surface area contributed by atoms with E-state index in [0.717, 1.165) is 11.1 Å². The maximum absolute atomic E-state index is 13.3. The molecule has 0 aliphatic carbocycles. The fourth-order valence-electron chi connectivity index (χ4n) is 4.20. The molecule has 228 valence electrons. The summed E-state index contributed by atoms with van der Waals surface area (Å²) in [6, 6.07) is 20.0. The lowest BCUT2D eigenvalue weighted by molar-refractivity contribution is -0.192. The number of para-hydroxylation sites is 2. The smallest absolute Gasteiger partial charge is 0.475 e. The number of carboxylic acids is 1. The summed E-state index contributed by atoms with van der Waals surface area (Å²) < 4.78 is 87.9. The monoisotopic (exact) mass is 702 g/mol. The van der Waals surface area contributed by atoms with Crippen LogP contribution >= 0.6 is 15.9 Å². The number of hydrogen-bond acceptors (Lipinski definition) is 7. The number of alkyl halides is 3. The van der Waals surface area contributed by atoms with Crippen molar-refractivity contribution in [2.45, 2.75) is 35.2 Å². The van der Waals surface area contributed by atoms with Gasteiger partial charge in [-0.1, -0.05) is 48.5 Å². The van der Waals surface area contributed by atoms with Crippen LogP contribution in [0.1, 0.15) is 34.7 Å². The molecular weight excluding hydrogens is 681 g/mol. The Kier molecular flexibility index (Phi) is 9.29. The molecule has 1 saturated heterocycles. The number of hydrogen-bond donors (Lipinski definition) is 4. The molecule has 0 bridgehead atoms. The first-order valence-electron chi connectivity index (χ1n) is 12.2. The normalized spacial score (nSPS) is 17.1. The summed E-state index contributed by atoms with van der Waals surface area (Å²) in [6.07, 6.45) is -4.96. The molecule has 2 heterocycles. The summed E-state index contributed by atoms with van der Waals surface area (Å²) in [6.45, 7) is 0. The number of carbonyl (C=O) groups excluding carboxylic acids is 1. The van der Waals surface area contributed by atoms with Gasteiger partial charge in [0, 0.05) is 4.47 Å². The number of aromatic nitrogens is 2. The maximum Gasteiger partial charge on any atom is 0.490 e. The van der Waals surface area contributed by atoms with Crippen LogP contribution in [0, 0.1) is 0 Å². The Morgan fingerprint density at radius 2 is 1.67 bits per heavy atom. The zero-order chi connectivity index (χ0) is 31.6. The minimum atomic E-state index is -5.08. The largest absolute Gasteiger partial charge is 0.490 e. The van der Waals surface area contributed by atoms with Gasteiger partial charge in [0.25, 0.3) is 0 Å². The molecule has 0 saturated carbocycles. The quantitative estimate of drug-likeness (QED) is 0.223. The molecule has 4 N–H and O–H groups in total. The Morgan fingerprint density at radius 1 is 1.07 bits per heavy atom. The van der Waals surface area contributed by atoms with Crippen LogP contribution in [-0.4, -0.2) is 50.0 Å². The lowest BCUT2D eigenvalue weighted by Crippen LogP contribution is -2.31. The minimum absolute atomic E-state index is 0.102. The molecule has 2 atom stereocenters. The van der Waals surface area contributed by atoms with Crippen LogP contribution in [0.25, 0.3) is 11.0 Å². The fourth-order valence-corrected chi connectivity index (χ4v) is 7.83. The zero-order valence-corrected chi connectivity index (χ0v) is 24.9. The molecule has 1 aromatic heterocycles. The molecule has 0 spiro atoms. The minimum Gasteiger partial charge on any atom is -0.475 e. The number of imidazole rings is 1. The van der Waals surface area contributed by atoms with Crippen molar-refractivity contribution < 1.29 is 44.7 Å². The van der Waals surface area contributed by atoms with Crippen LogP contribution in [0.5, 0.6) is 0 Å². The van der Waals surface area contributed by atoms with Crippen molar-refractivity contribution in [3.63, 3.8) is 0 Å². The summed E-state index contributed by atoms with van der Waals surface area (Å²) in [5, 5.41) is 6.18. The number of carbonyl (C=O) groups is 2. The number of benzene rings is 3. The Labute approximate surface area is 251 Å². The predicted molar refractivity (Wildman–Crippen MR) is 152 cm³/mol. The second kappa shape index (κ2) is 12.4. The van der Waals surface area contributed by atoms with Gasteiger partial charge in [0.05, 0.1) is 28.4 Å². The van der Waals surface area contributed by atoms with Gasteiger partial charge in [-0.3, -0.25) is 9.52 Å². The highest BCUT2D eigenvalue weighted by molar-refractivity contribution is 9.10. The van der Waals surface area contributed by atoms with Crippen molar-refractivity contribution >= 4 is 58.9 Å². The van der Waals surface area contributed by atoms with Gasteiger partial charge in [0.2, 0.25) is 26.0 Å². The van der Waals surface area contributed by atoms with Crippen molar-refractivity contribution in [1.82, 2.24) is 19.4 Å². The summed E-state index contributed by atoms with van der Waals surface area (Å²) >= 11 is 3.31. The Balaban J connectivity index is 0.000000541. The third kappa shape index (κ3) is 7.78.